The van der Waals surface area contributed by atoms with Gasteiger partial charge in [-0.25, -0.2) is 0 Å². The van der Waals surface area contributed by atoms with E-state index >= 15 is 0 Å². The minimum Gasteiger partial charge on any atom is -0.481 e. The fourth-order valence-corrected chi connectivity index (χ4v) is 5.75. The van der Waals surface area contributed by atoms with Crippen LogP contribution in [0.3, 0.4) is 0 Å². The first kappa shape index (κ1) is 30.0. The smallest absolute Gasteiger partial charge is 0.303 e. The highest BCUT2D eigenvalue weighted by Crippen LogP contribution is 2.28. The van der Waals surface area contributed by atoms with E-state index < -0.39 is 5.97 Å². The van der Waals surface area contributed by atoms with Crippen LogP contribution in [0, 0.1) is 0 Å². The number of unbranched alkanes of at least 4 members (excludes halogenated alkanes) is 4. The predicted molar refractivity (Wildman–Crippen MR) is 147 cm³/mol. The number of carboxylic acids is 1. The summed E-state index contributed by atoms with van der Waals surface area (Å²) < 4.78 is 0. The van der Waals surface area contributed by atoms with Crippen molar-refractivity contribution in [3.05, 3.63) is 29.3 Å². The molecule has 10 heteroatoms. The van der Waals surface area contributed by atoms with E-state index in [0.717, 1.165) is 50.6 Å². The number of aliphatic carboxylic acids is 1. The molecule has 0 saturated heterocycles. The van der Waals surface area contributed by atoms with Gasteiger partial charge in [0.05, 0.1) is 11.5 Å². The molecule has 0 bridgehead atoms. The molecule has 3 amide bonds. The van der Waals surface area contributed by atoms with Gasteiger partial charge in [-0.05, 0) is 68.6 Å². The number of nitrogens with one attached hydrogen (secondary N) is 3. The number of anilines is 1. The van der Waals surface area contributed by atoms with Crippen molar-refractivity contribution in [1.29, 1.82) is 0 Å². The highest BCUT2D eigenvalue weighted by Gasteiger charge is 2.14. The summed E-state index contributed by atoms with van der Waals surface area (Å²) in [6, 6.07) is 6.17. The van der Waals surface area contributed by atoms with Gasteiger partial charge in [0, 0.05) is 31.6 Å². The third-order valence-corrected chi connectivity index (χ3v) is 8.06. The Morgan fingerprint density at radius 2 is 1.36 bits per heavy atom. The molecule has 0 aromatic heterocycles. The average molecular weight is 538 g/mol. The minimum atomic E-state index is -0.794. The van der Waals surface area contributed by atoms with Crippen molar-refractivity contribution in [1.82, 2.24) is 10.6 Å². The number of rotatable bonds is 18. The summed E-state index contributed by atoms with van der Waals surface area (Å²) in [6.07, 6.45) is 9.81. The van der Waals surface area contributed by atoms with Crippen molar-refractivity contribution in [2.45, 2.75) is 77.0 Å². The Labute approximate surface area is 221 Å². The first-order valence-corrected chi connectivity index (χ1v) is 15.3. The number of aryl methyl sites for hydroxylation is 1. The third kappa shape index (κ3) is 13.2. The summed E-state index contributed by atoms with van der Waals surface area (Å²) in [7, 11) is 2.69. The fourth-order valence-electron chi connectivity index (χ4n) is 4.02. The van der Waals surface area contributed by atoms with Crippen LogP contribution in [-0.2, 0) is 32.0 Å². The van der Waals surface area contributed by atoms with Crippen LogP contribution in [0.5, 0.6) is 0 Å². The molecule has 1 aliphatic rings. The largest absolute Gasteiger partial charge is 0.481 e. The molecule has 0 unspecified atom stereocenters. The van der Waals surface area contributed by atoms with Crippen LogP contribution >= 0.6 is 21.6 Å². The second-order valence-corrected chi connectivity index (χ2v) is 11.4. The van der Waals surface area contributed by atoms with Gasteiger partial charge >= 0.3 is 5.97 Å². The van der Waals surface area contributed by atoms with Gasteiger partial charge in [-0.15, -0.1) is 0 Å². The lowest BCUT2D eigenvalue weighted by molar-refractivity contribution is -0.137. The lowest BCUT2D eigenvalue weighted by Gasteiger charge is -2.19. The number of carboxylic acid groups (broad SMARTS) is 1. The second-order valence-electron chi connectivity index (χ2n) is 8.94. The van der Waals surface area contributed by atoms with Crippen LogP contribution < -0.4 is 16.0 Å². The lowest BCUT2D eigenvalue weighted by Crippen LogP contribution is -2.27. The fraction of sp³-hybridized carbons (Fsp3) is 0.615. The summed E-state index contributed by atoms with van der Waals surface area (Å²) in [5.74, 6) is -0.316. The number of carbonyl (C=O) groups is 4. The molecule has 0 atom stereocenters. The van der Waals surface area contributed by atoms with Crippen molar-refractivity contribution in [3.63, 3.8) is 0 Å². The maximum atomic E-state index is 12.3. The highest BCUT2D eigenvalue weighted by molar-refractivity contribution is 8.77. The molecule has 0 aliphatic heterocycles. The van der Waals surface area contributed by atoms with Crippen LogP contribution in [0.4, 0.5) is 5.69 Å². The molecule has 36 heavy (non-hydrogen) atoms. The van der Waals surface area contributed by atoms with E-state index in [9.17, 15) is 19.2 Å². The zero-order valence-corrected chi connectivity index (χ0v) is 22.6. The Bertz CT molecular complexity index is 866. The van der Waals surface area contributed by atoms with Crippen molar-refractivity contribution < 1.29 is 24.3 Å². The molecule has 200 valence electrons. The van der Waals surface area contributed by atoms with E-state index in [1.165, 1.54) is 45.6 Å². The van der Waals surface area contributed by atoms with Crippen LogP contribution in [-0.4, -0.2) is 53.4 Å². The molecule has 1 aliphatic carbocycles. The summed E-state index contributed by atoms with van der Waals surface area (Å²) >= 11 is 0. The average Bonchev–Trinajstić information content (AvgIpc) is 2.86. The molecule has 1 aromatic carbocycles. The summed E-state index contributed by atoms with van der Waals surface area (Å²) in [4.78, 5) is 46.4. The Hall–Kier alpha value is -2.20. The first-order chi connectivity index (χ1) is 17.5. The molecule has 0 radical (unpaired) electrons. The molecule has 4 N–H and O–H groups in total. The van der Waals surface area contributed by atoms with Crippen LogP contribution in [0.2, 0.25) is 0 Å². The number of fused-ring (bicyclic) bond motifs is 1. The molecule has 1 aromatic rings. The zero-order chi connectivity index (χ0) is 26.0. The van der Waals surface area contributed by atoms with Gasteiger partial charge < -0.3 is 21.1 Å². The van der Waals surface area contributed by atoms with Gasteiger partial charge in [0.25, 0.3) is 0 Å². The number of hydrogen-bond acceptors (Lipinski definition) is 6. The van der Waals surface area contributed by atoms with Gasteiger partial charge in [-0.2, -0.15) is 0 Å². The molecule has 8 nitrogen and oxygen atoms in total. The first-order valence-electron chi connectivity index (χ1n) is 12.9. The van der Waals surface area contributed by atoms with E-state index in [1.807, 2.05) is 12.1 Å². The van der Waals surface area contributed by atoms with Gasteiger partial charge in [-0.3, -0.25) is 19.2 Å². The summed E-state index contributed by atoms with van der Waals surface area (Å²) in [5, 5.41) is 17.3. The topological polar surface area (TPSA) is 125 Å². The summed E-state index contributed by atoms with van der Waals surface area (Å²) in [5.41, 5.74) is 3.61. The monoisotopic (exact) mass is 537 g/mol. The third-order valence-electron chi connectivity index (χ3n) is 5.93. The Morgan fingerprint density at radius 3 is 2.00 bits per heavy atom. The number of amides is 3. The lowest BCUT2D eigenvalue weighted by atomic mass is 9.90. The molecular formula is C26H39N3O5S2. The molecule has 0 fully saturated rings. The van der Waals surface area contributed by atoms with E-state index in [1.54, 1.807) is 0 Å². The zero-order valence-electron chi connectivity index (χ0n) is 20.9. The molecule has 2 rings (SSSR count). The Morgan fingerprint density at radius 1 is 0.750 bits per heavy atom. The molecule has 0 spiro atoms. The van der Waals surface area contributed by atoms with Crippen LogP contribution in [0.15, 0.2) is 18.2 Å². The van der Waals surface area contributed by atoms with Crippen molar-refractivity contribution in [2.24, 2.45) is 0 Å². The van der Waals surface area contributed by atoms with E-state index in [0.29, 0.717) is 25.9 Å². The Kier molecular flexibility index (Phi) is 15.1. The molecule has 0 heterocycles. The number of hydrogen-bond donors (Lipinski definition) is 4. The normalized spacial score (nSPS) is 12.4. The van der Waals surface area contributed by atoms with Gasteiger partial charge in [0.1, 0.15) is 0 Å². The molecular weight excluding hydrogens is 498 g/mol. The maximum absolute atomic E-state index is 12.3. The van der Waals surface area contributed by atoms with E-state index in [2.05, 4.69) is 22.0 Å². The van der Waals surface area contributed by atoms with Crippen molar-refractivity contribution >= 4 is 51.0 Å². The van der Waals surface area contributed by atoms with E-state index in [-0.39, 0.29) is 35.6 Å². The quantitative estimate of drug-likeness (QED) is 0.162. The van der Waals surface area contributed by atoms with Crippen LogP contribution in [0.25, 0.3) is 0 Å². The molecule has 0 saturated carbocycles. The minimum absolute atomic E-state index is 0.0497. The van der Waals surface area contributed by atoms with Crippen LogP contribution in [0.1, 0.15) is 75.3 Å². The Balaban J connectivity index is 1.41. The predicted octanol–water partition coefficient (Wildman–Crippen LogP) is 4.32. The van der Waals surface area contributed by atoms with E-state index in [4.69, 9.17) is 5.11 Å². The van der Waals surface area contributed by atoms with Gasteiger partial charge in [0.2, 0.25) is 17.7 Å². The summed E-state index contributed by atoms with van der Waals surface area (Å²) in [6.45, 7) is 1.13. The van der Waals surface area contributed by atoms with Crippen molar-refractivity contribution in [2.75, 3.05) is 29.9 Å². The SMILES string of the molecule is O=C(O)CCCCCNC(=O)CSSCC(=O)NCCCCCC(=O)Nc1cccc2c1CCCC2. The number of benzene rings is 1. The highest BCUT2D eigenvalue weighted by atomic mass is 33.1. The second kappa shape index (κ2) is 18.1. The van der Waals surface area contributed by atoms with Gasteiger partial charge in [0.15, 0.2) is 0 Å². The van der Waals surface area contributed by atoms with Crippen molar-refractivity contribution in [3.8, 4) is 0 Å². The number of carbonyl (C=O) groups excluding carboxylic acids is 3. The van der Waals surface area contributed by atoms with Gasteiger partial charge in [-0.1, -0.05) is 46.6 Å². The maximum Gasteiger partial charge on any atom is 0.303 e. The standard InChI is InChI=1S/C26H39N3O5S2/c30-23(29-22-13-9-11-20-10-5-6-12-21(20)22)14-3-1-7-16-27-24(31)18-35-36-19-25(32)28-17-8-2-4-15-26(33)34/h9,11,13H,1-8,10,12,14-19H2,(H,27,31)(H,28,32)(H,29,30)(H,33,34).